The number of rotatable bonds is 4. The van der Waals surface area contributed by atoms with Gasteiger partial charge in [-0.25, -0.2) is 8.42 Å². The number of sulfonamides is 1. The summed E-state index contributed by atoms with van der Waals surface area (Å²) in [6, 6.07) is 5.45. The molecule has 0 saturated carbocycles. The van der Waals surface area contributed by atoms with Gasteiger partial charge in [-0.05, 0) is 44.0 Å². The Morgan fingerprint density at radius 1 is 1.12 bits per heavy atom. The molecule has 5 nitrogen and oxygen atoms in total. The molecule has 0 bridgehead atoms. The fourth-order valence-electron chi connectivity index (χ4n) is 2.94. The van der Waals surface area contributed by atoms with Crippen LogP contribution in [0.5, 0.6) is 0 Å². The molecule has 2 aromatic heterocycles. The third kappa shape index (κ3) is 3.67. The van der Waals surface area contributed by atoms with Crippen LogP contribution >= 0.6 is 22.7 Å². The van der Waals surface area contributed by atoms with Crippen LogP contribution in [0.15, 0.2) is 22.4 Å². The van der Waals surface area contributed by atoms with E-state index in [0.717, 1.165) is 16.2 Å². The number of nitrogens with zero attached hydrogens (tertiary/aromatic N) is 2. The first-order chi connectivity index (χ1) is 11.8. The Kier molecular flexibility index (Phi) is 5.34. The van der Waals surface area contributed by atoms with Crippen molar-refractivity contribution >= 4 is 38.6 Å². The number of carbonyl (C=O) groups excluding carboxylic acids is 1. The van der Waals surface area contributed by atoms with Crippen molar-refractivity contribution in [3.8, 4) is 0 Å². The Morgan fingerprint density at radius 3 is 2.32 bits per heavy atom. The van der Waals surface area contributed by atoms with Crippen LogP contribution in [0, 0.1) is 13.8 Å². The molecule has 0 unspecified atom stereocenters. The Labute approximate surface area is 156 Å². The van der Waals surface area contributed by atoms with Crippen LogP contribution in [0.4, 0.5) is 0 Å². The molecule has 1 aliphatic heterocycles. The Bertz CT molecular complexity index is 875. The van der Waals surface area contributed by atoms with Gasteiger partial charge in [-0.15, -0.1) is 22.7 Å². The van der Waals surface area contributed by atoms with Crippen molar-refractivity contribution in [3.05, 3.63) is 38.4 Å². The number of carbonyl (C=O) groups is 1. The molecule has 25 heavy (non-hydrogen) atoms. The van der Waals surface area contributed by atoms with Gasteiger partial charge < -0.3 is 4.90 Å². The van der Waals surface area contributed by atoms with Gasteiger partial charge in [0.25, 0.3) is 15.9 Å². The van der Waals surface area contributed by atoms with Crippen LogP contribution in [-0.2, 0) is 16.4 Å². The molecule has 0 N–H and O–H groups in total. The molecular weight excluding hydrogens is 376 g/mol. The number of aryl methyl sites for hydroxylation is 3. The number of hydrogen-bond donors (Lipinski definition) is 0. The van der Waals surface area contributed by atoms with E-state index in [2.05, 4.69) is 6.92 Å². The SMILES string of the molecule is CCc1cc(C(=O)N2CCN(S(=O)(=O)c3ccc(C)s3)CC2)sc1C. The highest BCUT2D eigenvalue weighted by molar-refractivity contribution is 7.91. The zero-order valence-electron chi connectivity index (χ0n) is 14.6. The molecule has 1 fully saturated rings. The largest absolute Gasteiger partial charge is 0.335 e. The summed E-state index contributed by atoms with van der Waals surface area (Å²) < 4.78 is 27.2. The van der Waals surface area contributed by atoms with Crippen LogP contribution in [0.2, 0.25) is 0 Å². The highest BCUT2D eigenvalue weighted by Gasteiger charge is 2.31. The molecule has 3 rings (SSSR count). The fraction of sp³-hybridized carbons (Fsp3) is 0.471. The summed E-state index contributed by atoms with van der Waals surface area (Å²) in [6.07, 6.45) is 0.919. The van der Waals surface area contributed by atoms with E-state index in [0.29, 0.717) is 30.4 Å². The quantitative estimate of drug-likeness (QED) is 0.795. The summed E-state index contributed by atoms with van der Waals surface area (Å²) in [5, 5.41) is 0. The van der Waals surface area contributed by atoms with Crippen LogP contribution in [0.25, 0.3) is 0 Å². The van der Waals surface area contributed by atoms with E-state index in [9.17, 15) is 13.2 Å². The standard InChI is InChI=1S/C17H22N2O3S3/c1-4-14-11-15(24-13(14)3)17(20)18-7-9-19(10-8-18)25(21,22)16-6-5-12(2)23-16/h5-6,11H,4,7-10H2,1-3H3. The molecular formula is C17H22N2O3S3. The van der Waals surface area contributed by atoms with Gasteiger partial charge >= 0.3 is 0 Å². The minimum atomic E-state index is -3.45. The second-order valence-corrected chi connectivity index (χ2v) is 10.8. The molecule has 8 heteroatoms. The summed E-state index contributed by atoms with van der Waals surface area (Å²) in [7, 11) is -3.45. The lowest BCUT2D eigenvalue weighted by Gasteiger charge is -2.33. The molecule has 2 aromatic rings. The van der Waals surface area contributed by atoms with E-state index < -0.39 is 10.0 Å². The third-order valence-corrected chi connectivity index (χ3v) is 8.90. The average Bonchev–Trinajstić information content (AvgIpc) is 3.20. The van der Waals surface area contributed by atoms with Crippen LogP contribution < -0.4 is 0 Å². The average molecular weight is 399 g/mol. The fourth-order valence-corrected chi connectivity index (χ4v) is 6.88. The zero-order chi connectivity index (χ0) is 18.2. The van der Waals surface area contributed by atoms with Gasteiger partial charge in [-0.2, -0.15) is 4.31 Å². The number of hydrogen-bond acceptors (Lipinski definition) is 5. The first-order valence-corrected chi connectivity index (χ1v) is 11.4. The normalized spacial score (nSPS) is 16.4. The Morgan fingerprint density at radius 2 is 1.80 bits per heavy atom. The molecule has 0 aliphatic carbocycles. The second-order valence-electron chi connectivity index (χ2n) is 6.11. The number of piperazine rings is 1. The van der Waals surface area contributed by atoms with Gasteiger partial charge in [0.1, 0.15) is 4.21 Å². The predicted molar refractivity (Wildman–Crippen MR) is 102 cm³/mol. The van der Waals surface area contributed by atoms with Crippen LogP contribution in [-0.4, -0.2) is 49.7 Å². The van der Waals surface area contributed by atoms with Gasteiger partial charge in [0.05, 0.1) is 4.88 Å². The maximum atomic E-state index is 12.7. The minimum Gasteiger partial charge on any atom is -0.335 e. The van der Waals surface area contributed by atoms with E-state index in [1.165, 1.54) is 37.4 Å². The van der Waals surface area contributed by atoms with Gasteiger partial charge in [0, 0.05) is 35.9 Å². The molecule has 0 aromatic carbocycles. The molecule has 1 aliphatic rings. The van der Waals surface area contributed by atoms with Crippen molar-refractivity contribution < 1.29 is 13.2 Å². The lowest BCUT2D eigenvalue weighted by atomic mass is 10.2. The Hall–Kier alpha value is -1.22. The van der Waals surface area contributed by atoms with E-state index in [-0.39, 0.29) is 5.91 Å². The number of amides is 1. The van der Waals surface area contributed by atoms with E-state index in [1.54, 1.807) is 11.0 Å². The van der Waals surface area contributed by atoms with Crippen molar-refractivity contribution in [1.82, 2.24) is 9.21 Å². The van der Waals surface area contributed by atoms with Crippen LogP contribution in [0.1, 0.15) is 31.9 Å². The summed E-state index contributed by atoms with van der Waals surface area (Å²) in [6.45, 7) is 7.56. The van der Waals surface area contributed by atoms with E-state index >= 15 is 0 Å². The highest BCUT2D eigenvalue weighted by atomic mass is 32.2. The topological polar surface area (TPSA) is 57.7 Å². The molecule has 1 saturated heterocycles. The summed E-state index contributed by atoms with van der Waals surface area (Å²) in [5.74, 6) is 0.0109. The first-order valence-electron chi connectivity index (χ1n) is 8.28. The van der Waals surface area contributed by atoms with Crippen molar-refractivity contribution in [2.75, 3.05) is 26.2 Å². The summed E-state index contributed by atoms with van der Waals surface area (Å²) in [4.78, 5) is 17.4. The van der Waals surface area contributed by atoms with Gasteiger partial charge in [-0.1, -0.05) is 6.92 Å². The van der Waals surface area contributed by atoms with Gasteiger partial charge in [0.2, 0.25) is 0 Å². The predicted octanol–water partition coefficient (Wildman–Crippen LogP) is 3.14. The van der Waals surface area contributed by atoms with Gasteiger partial charge in [0.15, 0.2) is 0 Å². The highest BCUT2D eigenvalue weighted by Crippen LogP contribution is 2.27. The number of thiophene rings is 2. The van der Waals surface area contributed by atoms with Crippen molar-refractivity contribution in [2.24, 2.45) is 0 Å². The monoisotopic (exact) mass is 398 g/mol. The van der Waals surface area contributed by atoms with Crippen molar-refractivity contribution in [3.63, 3.8) is 0 Å². The molecule has 0 radical (unpaired) electrons. The minimum absolute atomic E-state index is 0.0109. The van der Waals surface area contributed by atoms with Crippen molar-refractivity contribution in [2.45, 2.75) is 31.4 Å². The summed E-state index contributed by atoms with van der Waals surface area (Å²) >= 11 is 2.82. The van der Waals surface area contributed by atoms with E-state index in [1.807, 2.05) is 26.0 Å². The lowest BCUT2D eigenvalue weighted by molar-refractivity contribution is 0.0703. The van der Waals surface area contributed by atoms with Crippen molar-refractivity contribution in [1.29, 1.82) is 0 Å². The lowest BCUT2D eigenvalue weighted by Crippen LogP contribution is -2.50. The molecule has 0 spiro atoms. The molecule has 0 atom stereocenters. The van der Waals surface area contributed by atoms with Crippen LogP contribution in [0.3, 0.4) is 0 Å². The van der Waals surface area contributed by atoms with Gasteiger partial charge in [-0.3, -0.25) is 4.79 Å². The molecule has 1 amide bonds. The summed E-state index contributed by atoms with van der Waals surface area (Å²) in [5.41, 5.74) is 1.21. The third-order valence-electron chi connectivity index (χ3n) is 4.45. The Balaban J connectivity index is 1.68. The zero-order valence-corrected chi connectivity index (χ0v) is 17.1. The maximum Gasteiger partial charge on any atom is 0.264 e. The van der Waals surface area contributed by atoms with E-state index in [4.69, 9.17) is 0 Å². The smallest absolute Gasteiger partial charge is 0.264 e. The second kappa shape index (κ2) is 7.19. The maximum absolute atomic E-state index is 12.7. The first kappa shape index (κ1) is 18.6. The molecule has 3 heterocycles. The molecule has 136 valence electrons.